The van der Waals surface area contributed by atoms with Crippen molar-refractivity contribution in [2.45, 2.75) is 65.5 Å². The molecule has 0 radical (unpaired) electrons. The van der Waals surface area contributed by atoms with E-state index >= 15 is 0 Å². The summed E-state index contributed by atoms with van der Waals surface area (Å²) in [5.41, 5.74) is 2.61. The number of hydrogen-bond donors (Lipinski definition) is 1. The number of aryl methyl sites for hydroxylation is 2. The lowest BCUT2D eigenvalue weighted by atomic mass is 9.78. The van der Waals surface area contributed by atoms with Gasteiger partial charge in [0.1, 0.15) is 0 Å². The fourth-order valence-electron chi connectivity index (χ4n) is 3.41. The Balaban J connectivity index is 2.18. The summed E-state index contributed by atoms with van der Waals surface area (Å²) in [6.45, 7) is 7.72. The van der Waals surface area contributed by atoms with E-state index in [0.717, 1.165) is 24.8 Å². The number of aromatic nitrogens is 2. The van der Waals surface area contributed by atoms with Gasteiger partial charge in [-0.3, -0.25) is 4.68 Å². The molecule has 0 spiro atoms. The van der Waals surface area contributed by atoms with Crippen molar-refractivity contribution in [1.82, 2.24) is 15.1 Å². The highest BCUT2D eigenvalue weighted by atomic mass is 15.3. The molecule has 1 unspecified atom stereocenters. The molecule has 1 atom stereocenters. The van der Waals surface area contributed by atoms with Crippen LogP contribution in [-0.2, 0) is 13.0 Å². The van der Waals surface area contributed by atoms with E-state index in [4.69, 9.17) is 5.10 Å². The molecule has 0 bridgehead atoms. The summed E-state index contributed by atoms with van der Waals surface area (Å²) in [6, 6.07) is 2.78. The van der Waals surface area contributed by atoms with Crippen LogP contribution in [0.25, 0.3) is 0 Å². The quantitative estimate of drug-likeness (QED) is 0.880. The predicted molar refractivity (Wildman–Crippen MR) is 80.2 cm³/mol. The molecule has 3 nitrogen and oxygen atoms in total. The van der Waals surface area contributed by atoms with Crippen LogP contribution >= 0.6 is 0 Å². The summed E-state index contributed by atoms with van der Waals surface area (Å²) in [7, 11) is 2.10. The molecule has 1 aliphatic carbocycles. The highest BCUT2D eigenvalue weighted by Crippen LogP contribution is 2.36. The topological polar surface area (TPSA) is 29.9 Å². The van der Waals surface area contributed by atoms with Crippen LogP contribution < -0.4 is 5.32 Å². The van der Waals surface area contributed by atoms with Crippen molar-refractivity contribution < 1.29 is 0 Å². The Kier molecular flexibility index (Phi) is 5.03. The van der Waals surface area contributed by atoms with Gasteiger partial charge in [0, 0.05) is 6.54 Å². The Morgan fingerprint density at radius 3 is 2.53 bits per heavy atom. The van der Waals surface area contributed by atoms with Crippen molar-refractivity contribution in [3.63, 3.8) is 0 Å². The van der Waals surface area contributed by atoms with Crippen LogP contribution in [0, 0.1) is 11.8 Å². The summed E-state index contributed by atoms with van der Waals surface area (Å²) < 4.78 is 2.19. The summed E-state index contributed by atoms with van der Waals surface area (Å²) >= 11 is 0. The first-order valence-electron chi connectivity index (χ1n) is 7.93. The van der Waals surface area contributed by atoms with Crippen molar-refractivity contribution in [1.29, 1.82) is 0 Å². The van der Waals surface area contributed by atoms with Crippen molar-refractivity contribution in [3.8, 4) is 0 Å². The molecule has 1 N–H and O–H groups in total. The average Bonchev–Trinajstić information content (AvgIpc) is 2.85. The lowest BCUT2D eigenvalue weighted by Crippen LogP contribution is -2.30. The third-order valence-electron chi connectivity index (χ3n) is 4.69. The summed E-state index contributed by atoms with van der Waals surface area (Å²) in [5, 5.41) is 8.26. The molecule has 1 fully saturated rings. The number of nitrogens with one attached hydrogen (secondary N) is 1. The second-order valence-electron chi connectivity index (χ2n) is 6.02. The lowest BCUT2D eigenvalue weighted by molar-refractivity contribution is 0.231. The first kappa shape index (κ1) is 14.6. The van der Waals surface area contributed by atoms with Gasteiger partial charge in [-0.1, -0.05) is 26.7 Å². The van der Waals surface area contributed by atoms with Crippen molar-refractivity contribution >= 4 is 0 Å². The van der Waals surface area contributed by atoms with Gasteiger partial charge in [0.25, 0.3) is 0 Å². The number of nitrogens with zero attached hydrogens (tertiary/aromatic N) is 2. The molecule has 0 amide bonds. The predicted octanol–water partition coefficient (Wildman–Crippen LogP) is 3.55. The zero-order valence-electron chi connectivity index (χ0n) is 12.9. The summed E-state index contributed by atoms with van der Waals surface area (Å²) in [4.78, 5) is 0. The molecular formula is C16H29N3. The van der Waals surface area contributed by atoms with Crippen molar-refractivity contribution in [2.75, 3.05) is 7.05 Å². The third kappa shape index (κ3) is 3.19. The normalized spacial score (nSPS) is 25.5. The lowest BCUT2D eigenvalue weighted by Gasteiger charge is -2.32. The molecule has 0 aromatic carbocycles. The molecule has 2 rings (SSSR count). The van der Waals surface area contributed by atoms with Gasteiger partial charge in [0.2, 0.25) is 0 Å². The van der Waals surface area contributed by atoms with Crippen LogP contribution in [0.1, 0.15) is 63.9 Å². The first-order valence-corrected chi connectivity index (χ1v) is 7.93. The maximum absolute atomic E-state index is 4.70. The standard InChI is InChI=1S/C16H29N3/c1-5-14-11-15(19(6-2)18-14)16(17-4)13-9-7-12(3)8-10-13/h11-13,16-17H,5-10H2,1-4H3. The van der Waals surface area contributed by atoms with Gasteiger partial charge in [-0.05, 0) is 51.1 Å². The minimum atomic E-state index is 0.472. The number of hydrogen-bond acceptors (Lipinski definition) is 2. The SMILES string of the molecule is CCc1cc(C(NC)C2CCC(C)CC2)n(CC)n1. The van der Waals surface area contributed by atoms with E-state index in [1.165, 1.54) is 37.1 Å². The molecule has 0 aliphatic heterocycles. The third-order valence-corrected chi connectivity index (χ3v) is 4.69. The van der Waals surface area contributed by atoms with Crippen molar-refractivity contribution in [3.05, 3.63) is 17.5 Å². The van der Waals surface area contributed by atoms with E-state index < -0.39 is 0 Å². The van der Waals surface area contributed by atoms with Gasteiger partial charge in [-0.25, -0.2) is 0 Å². The van der Waals surface area contributed by atoms with Gasteiger partial charge in [0.15, 0.2) is 0 Å². The minimum Gasteiger partial charge on any atom is -0.311 e. The summed E-state index contributed by atoms with van der Waals surface area (Å²) in [6.07, 6.45) is 6.48. The van der Waals surface area contributed by atoms with Gasteiger partial charge < -0.3 is 5.32 Å². The van der Waals surface area contributed by atoms with E-state index in [-0.39, 0.29) is 0 Å². The Bertz CT molecular complexity index is 389. The van der Waals surface area contributed by atoms with Crippen LogP contribution in [0.2, 0.25) is 0 Å². The van der Waals surface area contributed by atoms with Crippen LogP contribution in [0.4, 0.5) is 0 Å². The molecule has 1 heterocycles. The van der Waals surface area contributed by atoms with Crippen LogP contribution in [-0.4, -0.2) is 16.8 Å². The van der Waals surface area contributed by atoms with Gasteiger partial charge >= 0.3 is 0 Å². The monoisotopic (exact) mass is 263 g/mol. The Labute approximate surface area is 117 Å². The first-order chi connectivity index (χ1) is 9.19. The fourth-order valence-corrected chi connectivity index (χ4v) is 3.41. The molecule has 1 aromatic heterocycles. The van der Waals surface area contributed by atoms with E-state index in [9.17, 15) is 0 Å². The molecule has 1 aromatic rings. The minimum absolute atomic E-state index is 0.472. The van der Waals surface area contributed by atoms with Gasteiger partial charge in [0.05, 0.1) is 17.4 Å². The highest BCUT2D eigenvalue weighted by Gasteiger charge is 2.28. The van der Waals surface area contributed by atoms with Gasteiger partial charge in [-0.15, -0.1) is 0 Å². The average molecular weight is 263 g/mol. The van der Waals surface area contributed by atoms with Gasteiger partial charge in [-0.2, -0.15) is 5.10 Å². The van der Waals surface area contributed by atoms with Crippen LogP contribution in [0.5, 0.6) is 0 Å². The summed E-state index contributed by atoms with van der Waals surface area (Å²) in [5.74, 6) is 1.68. The van der Waals surface area contributed by atoms with E-state index in [1.54, 1.807) is 0 Å². The molecule has 19 heavy (non-hydrogen) atoms. The van der Waals surface area contributed by atoms with Crippen LogP contribution in [0.15, 0.2) is 6.07 Å². The maximum atomic E-state index is 4.70. The molecule has 0 saturated heterocycles. The van der Waals surface area contributed by atoms with Crippen LogP contribution in [0.3, 0.4) is 0 Å². The molecule has 108 valence electrons. The van der Waals surface area contributed by atoms with E-state index in [1.807, 2.05) is 0 Å². The molecule has 1 aliphatic rings. The number of rotatable bonds is 5. The zero-order chi connectivity index (χ0) is 13.8. The molecule has 3 heteroatoms. The Morgan fingerprint density at radius 1 is 1.32 bits per heavy atom. The second kappa shape index (κ2) is 6.56. The highest BCUT2D eigenvalue weighted by molar-refractivity contribution is 5.16. The van der Waals surface area contributed by atoms with E-state index in [0.29, 0.717) is 6.04 Å². The van der Waals surface area contributed by atoms with Crippen molar-refractivity contribution in [2.24, 2.45) is 11.8 Å². The smallest absolute Gasteiger partial charge is 0.0625 e. The Morgan fingerprint density at radius 2 is 2.00 bits per heavy atom. The largest absolute Gasteiger partial charge is 0.311 e. The Hall–Kier alpha value is -0.830. The zero-order valence-corrected chi connectivity index (χ0v) is 12.9. The maximum Gasteiger partial charge on any atom is 0.0625 e. The molecule has 1 saturated carbocycles. The second-order valence-corrected chi connectivity index (χ2v) is 6.02. The van der Waals surface area contributed by atoms with E-state index in [2.05, 4.69) is 43.9 Å². The molecular weight excluding hydrogens is 234 g/mol. The fraction of sp³-hybridized carbons (Fsp3) is 0.812.